The molecule has 0 saturated heterocycles. The summed E-state index contributed by atoms with van der Waals surface area (Å²) in [6.45, 7) is 4.50. The minimum Gasteiger partial charge on any atom is -0.340 e. The van der Waals surface area contributed by atoms with E-state index in [1.807, 2.05) is 36.4 Å². The Morgan fingerprint density at radius 3 is 1.94 bits per heavy atom. The molecule has 0 radical (unpaired) electrons. The monoisotopic (exact) mass is 444 g/mol. The maximum Gasteiger partial charge on any atom is 0.714 e. The molecular formula is C30H24N2O2+2. The average molecular weight is 445 g/mol. The van der Waals surface area contributed by atoms with Crippen molar-refractivity contribution in [1.82, 2.24) is 0 Å². The summed E-state index contributed by atoms with van der Waals surface area (Å²) < 4.78 is 18.2. The number of nitrogens with zero attached hydrogens (tertiary/aromatic N) is 2. The Balaban J connectivity index is 1.64. The van der Waals surface area contributed by atoms with E-state index < -0.39 is 6.03 Å². The topological polar surface area (TPSA) is 24.5 Å². The molecular weight excluding hydrogens is 420 g/mol. The summed E-state index contributed by atoms with van der Waals surface area (Å²) in [5.74, 6) is 1.66. The van der Waals surface area contributed by atoms with Gasteiger partial charge in [-0.15, -0.1) is 0 Å². The highest BCUT2D eigenvalue weighted by Gasteiger charge is 2.67. The number of ether oxygens (including phenoxy) is 2. The third-order valence-electron chi connectivity index (χ3n) is 7.15. The van der Waals surface area contributed by atoms with Crippen molar-refractivity contribution in [3.05, 3.63) is 119 Å². The van der Waals surface area contributed by atoms with Gasteiger partial charge in [-0.1, -0.05) is 77.6 Å². The Labute approximate surface area is 198 Å². The van der Waals surface area contributed by atoms with Gasteiger partial charge in [0.15, 0.2) is 23.9 Å². The van der Waals surface area contributed by atoms with Crippen LogP contribution in [0, 0.1) is 0 Å². The van der Waals surface area contributed by atoms with Crippen molar-refractivity contribution in [3.8, 4) is 11.5 Å². The summed E-state index contributed by atoms with van der Waals surface area (Å²) in [6, 6.07) is 32.2. The first-order valence-electron chi connectivity index (χ1n) is 11.6. The Morgan fingerprint density at radius 2 is 1.26 bits per heavy atom. The minimum absolute atomic E-state index is 0.261. The maximum absolute atomic E-state index is 7.06. The second-order valence-electron chi connectivity index (χ2n) is 9.52. The largest absolute Gasteiger partial charge is 0.714 e. The third-order valence-corrected chi connectivity index (χ3v) is 7.15. The van der Waals surface area contributed by atoms with Gasteiger partial charge in [-0.25, -0.2) is 0 Å². The van der Waals surface area contributed by atoms with Crippen molar-refractivity contribution in [3.63, 3.8) is 0 Å². The molecule has 0 saturated carbocycles. The molecule has 1 atom stereocenters. The van der Waals surface area contributed by atoms with Crippen molar-refractivity contribution in [1.29, 1.82) is 0 Å². The molecule has 7 rings (SSSR count). The van der Waals surface area contributed by atoms with Gasteiger partial charge in [0, 0.05) is 35.2 Å². The smallest absolute Gasteiger partial charge is 0.340 e. The number of hydrogen-bond acceptors (Lipinski definition) is 2. The zero-order valence-electron chi connectivity index (χ0n) is 19.1. The number of para-hydroxylation sites is 3. The van der Waals surface area contributed by atoms with Gasteiger partial charge in [0.25, 0.3) is 0 Å². The number of fused-ring (bicyclic) bond motifs is 1. The summed E-state index contributed by atoms with van der Waals surface area (Å²) in [5, 5.41) is 0. The van der Waals surface area contributed by atoms with Crippen LogP contribution in [0.3, 0.4) is 0 Å². The Bertz CT molecular complexity index is 1520. The molecule has 3 aliphatic heterocycles. The molecule has 0 N–H and O–H groups in total. The summed E-state index contributed by atoms with van der Waals surface area (Å²) in [7, 11) is 0. The van der Waals surface area contributed by atoms with Crippen LogP contribution in [0.25, 0.3) is 0 Å². The fourth-order valence-corrected chi connectivity index (χ4v) is 5.24. The predicted molar refractivity (Wildman–Crippen MR) is 132 cm³/mol. The Hall–Kier alpha value is -4.18. The first-order chi connectivity index (χ1) is 16.6. The van der Waals surface area contributed by atoms with Crippen molar-refractivity contribution >= 4 is 23.8 Å². The van der Waals surface area contributed by atoms with E-state index in [9.17, 15) is 0 Å². The van der Waals surface area contributed by atoms with E-state index in [1.54, 1.807) is 0 Å². The average Bonchev–Trinajstić information content (AvgIpc) is 2.88. The third kappa shape index (κ3) is 2.54. The van der Waals surface area contributed by atoms with E-state index in [4.69, 9.17) is 9.47 Å². The fraction of sp³-hybridized carbons (Fsp3) is 0.133. The van der Waals surface area contributed by atoms with Gasteiger partial charge in [-0.05, 0) is 23.8 Å². The maximum atomic E-state index is 7.06. The number of rotatable bonds is 2. The van der Waals surface area contributed by atoms with Gasteiger partial charge in [0.05, 0.1) is 11.1 Å². The lowest BCUT2D eigenvalue weighted by Gasteiger charge is -2.32. The molecule has 34 heavy (non-hydrogen) atoms. The van der Waals surface area contributed by atoms with Crippen LogP contribution in [0.5, 0.6) is 11.5 Å². The lowest BCUT2D eigenvalue weighted by atomic mass is 9.76. The van der Waals surface area contributed by atoms with Crippen LogP contribution in [0.4, 0.5) is 11.4 Å². The summed E-state index contributed by atoms with van der Waals surface area (Å²) in [5.41, 5.74) is 6.07. The molecule has 0 aromatic heterocycles. The van der Waals surface area contributed by atoms with E-state index in [1.165, 1.54) is 5.56 Å². The molecule has 1 spiro atoms. The van der Waals surface area contributed by atoms with Gasteiger partial charge in [-0.2, -0.15) is 0 Å². The normalized spacial score (nSPS) is 20.6. The SMILES string of the molecule is CC1(C)c2ccc3c(c2)O[C@]2(Oc4c(cccc41)C=[N+]2c1ccccc1)[N+](c1ccccc1)=C3. The molecule has 4 bridgehead atoms. The Kier molecular flexibility index (Phi) is 3.79. The van der Waals surface area contributed by atoms with Crippen LogP contribution in [-0.2, 0) is 5.41 Å². The van der Waals surface area contributed by atoms with Crippen LogP contribution in [-0.4, -0.2) is 27.6 Å². The second kappa shape index (κ2) is 6.67. The van der Waals surface area contributed by atoms with Gasteiger partial charge in [0.1, 0.15) is 0 Å². The van der Waals surface area contributed by atoms with Crippen molar-refractivity contribution in [2.24, 2.45) is 0 Å². The summed E-state index contributed by atoms with van der Waals surface area (Å²) in [6.07, 6.45) is 4.28. The van der Waals surface area contributed by atoms with Gasteiger partial charge in [-0.3, -0.25) is 0 Å². The molecule has 4 nitrogen and oxygen atoms in total. The quantitative estimate of drug-likeness (QED) is 0.357. The highest BCUT2D eigenvalue weighted by Crippen LogP contribution is 2.48. The summed E-state index contributed by atoms with van der Waals surface area (Å²) >= 11 is 0. The molecule has 0 unspecified atom stereocenters. The second-order valence-corrected chi connectivity index (χ2v) is 9.52. The molecule has 4 aromatic rings. The van der Waals surface area contributed by atoms with E-state index >= 15 is 0 Å². The summed E-state index contributed by atoms with van der Waals surface area (Å²) in [4.78, 5) is 0. The molecule has 164 valence electrons. The lowest BCUT2D eigenvalue weighted by molar-refractivity contribution is -0.855. The highest BCUT2D eigenvalue weighted by molar-refractivity contribution is 5.85. The van der Waals surface area contributed by atoms with Crippen LogP contribution >= 0.6 is 0 Å². The first kappa shape index (κ1) is 19.3. The molecule has 4 aromatic carbocycles. The lowest BCUT2D eigenvalue weighted by Crippen LogP contribution is -2.61. The molecule has 0 fully saturated rings. The number of benzene rings is 4. The zero-order chi connectivity index (χ0) is 22.9. The predicted octanol–water partition coefficient (Wildman–Crippen LogP) is 5.95. The van der Waals surface area contributed by atoms with Crippen LogP contribution in [0.2, 0.25) is 0 Å². The molecule has 3 heterocycles. The van der Waals surface area contributed by atoms with Crippen LogP contribution < -0.4 is 9.47 Å². The van der Waals surface area contributed by atoms with Gasteiger partial charge in [0.2, 0.25) is 11.4 Å². The van der Waals surface area contributed by atoms with Crippen LogP contribution in [0.1, 0.15) is 36.1 Å². The first-order valence-corrected chi connectivity index (χ1v) is 11.6. The highest BCUT2D eigenvalue weighted by atomic mass is 16.7. The van der Waals surface area contributed by atoms with E-state index in [-0.39, 0.29) is 5.41 Å². The van der Waals surface area contributed by atoms with Crippen LogP contribution in [0.15, 0.2) is 97.1 Å². The van der Waals surface area contributed by atoms with Gasteiger partial charge < -0.3 is 9.47 Å². The van der Waals surface area contributed by atoms with Crippen molar-refractivity contribution in [2.45, 2.75) is 25.3 Å². The zero-order valence-corrected chi connectivity index (χ0v) is 19.1. The van der Waals surface area contributed by atoms with E-state index in [0.717, 1.165) is 39.6 Å². The Morgan fingerprint density at radius 1 is 0.618 bits per heavy atom. The molecule has 3 aliphatic rings. The van der Waals surface area contributed by atoms with E-state index in [0.29, 0.717) is 0 Å². The minimum atomic E-state index is -1.27. The van der Waals surface area contributed by atoms with E-state index in [2.05, 4.69) is 96.1 Å². The fourth-order valence-electron chi connectivity index (χ4n) is 5.24. The molecule has 0 amide bonds. The van der Waals surface area contributed by atoms with Gasteiger partial charge >= 0.3 is 6.03 Å². The van der Waals surface area contributed by atoms with Crippen molar-refractivity contribution < 1.29 is 18.6 Å². The standard InChI is InChI=1S/C30H24N2O2/c1-29(2)23-17-16-21-19-31(24-11-5-3-6-12-24)30(33-27(21)18-23)32(25-13-7-4-8-14-25)20-22-10-9-15-26(29)28(22)34-30/h3-20H,1-2H3/q+2/t30-/m0/s1. The number of hydrogen-bond donors (Lipinski definition) is 0. The molecule has 0 aliphatic carbocycles. The molecule has 4 heteroatoms. The van der Waals surface area contributed by atoms with Crippen molar-refractivity contribution in [2.75, 3.05) is 0 Å².